The smallest absolute Gasteiger partial charge is 0.336 e. The number of nitrogens with zero attached hydrogens (tertiary/aromatic N) is 3. The molecule has 0 aliphatic rings. The Kier molecular flexibility index (Phi) is 4.12. The number of carboxylic acid groups (broad SMARTS) is 1. The molecule has 1 atom stereocenters. The largest absolute Gasteiger partial charge is 0.478 e. The number of aryl methyl sites for hydroxylation is 1. The number of urea groups is 1. The number of nitrogens with one attached hydrogen (secondary N) is 3. The van der Waals surface area contributed by atoms with E-state index in [-0.39, 0.29) is 5.56 Å². The molecular weight excluding hydrogens is 276 g/mol. The summed E-state index contributed by atoms with van der Waals surface area (Å²) in [7, 11) is 0. The van der Waals surface area contributed by atoms with Gasteiger partial charge in [0.2, 0.25) is 0 Å². The summed E-state index contributed by atoms with van der Waals surface area (Å²) in [5, 5.41) is 27.4. The first-order valence-corrected chi connectivity index (χ1v) is 6.12. The van der Waals surface area contributed by atoms with E-state index in [0.29, 0.717) is 17.1 Å². The highest BCUT2D eigenvalue weighted by molar-refractivity contribution is 5.94. The molecule has 1 aromatic heterocycles. The summed E-state index contributed by atoms with van der Waals surface area (Å²) in [6.07, 6.45) is 0. The second kappa shape index (κ2) is 5.99. The normalized spacial score (nSPS) is 11.7. The lowest BCUT2D eigenvalue weighted by atomic mass is 10.1. The third-order valence-corrected chi connectivity index (χ3v) is 2.82. The number of carboxylic acids is 1. The van der Waals surface area contributed by atoms with Crippen molar-refractivity contribution in [2.75, 3.05) is 5.32 Å². The second-order valence-electron chi connectivity index (χ2n) is 4.43. The molecule has 1 heterocycles. The highest BCUT2D eigenvalue weighted by Gasteiger charge is 2.14. The lowest BCUT2D eigenvalue weighted by Crippen LogP contribution is -2.31. The van der Waals surface area contributed by atoms with Crippen LogP contribution in [0.25, 0.3) is 0 Å². The van der Waals surface area contributed by atoms with E-state index in [4.69, 9.17) is 5.11 Å². The highest BCUT2D eigenvalue weighted by Crippen LogP contribution is 2.15. The van der Waals surface area contributed by atoms with Crippen LogP contribution in [0.3, 0.4) is 0 Å². The molecule has 0 aliphatic carbocycles. The van der Waals surface area contributed by atoms with E-state index < -0.39 is 18.0 Å². The van der Waals surface area contributed by atoms with Crippen molar-refractivity contribution in [1.29, 1.82) is 0 Å². The fourth-order valence-electron chi connectivity index (χ4n) is 1.71. The Morgan fingerprint density at radius 3 is 2.76 bits per heavy atom. The summed E-state index contributed by atoms with van der Waals surface area (Å²) < 4.78 is 0. The van der Waals surface area contributed by atoms with Crippen LogP contribution in [0.15, 0.2) is 18.2 Å². The zero-order chi connectivity index (χ0) is 15.4. The van der Waals surface area contributed by atoms with Crippen LogP contribution < -0.4 is 10.6 Å². The highest BCUT2D eigenvalue weighted by atomic mass is 16.4. The number of benzene rings is 1. The maximum absolute atomic E-state index is 11.8. The topological polar surface area (TPSA) is 133 Å². The van der Waals surface area contributed by atoms with Crippen molar-refractivity contribution < 1.29 is 14.7 Å². The number of amides is 2. The summed E-state index contributed by atoms with van der Waals surface area (Å²) in [6.45, 7) is 3.38. The van der Waals surface area contributed by atoms with Gasteiger partial charge in [0.1, 0.15) is 0 Å². The first-order chi connectivity index (χ1) is 9.97. The molecule has 0 aliphatic heterocycles. The number of H-pyrrole nitrogens is 1. The quantitative estimate of drug-likeness (QED) is 0.666. The van der Waals surface area contributed by atoms with Gasteiger partial charge < -0.3 is 15.7 Å². The summed E-state index contributed by atoms with van der Waals surface area (Å²) >= 11 is 0. The maximum Gasteiger partial charge on any atom is 0.336 e. The molecule has 0 fully saturated rings. The van der Waals surface area contributed by atoms with Gasteiger partial charge in [-0.15, -0.1) is 10.2 Å². The molecule has 0 saturated carbocycles. The average Bonchev–Trinajstić information content (AvgIpc) is 2.94. The molecule has 2 amide bonds. The molecule has 9 heteroatoms. The van der Waals surface area contributed by atoms with Gasteiger partial charge in [0.15, 0.2) is 5.82 Å². The van der Waals surface area contributed by atoms with Crippen LogP contribution >= 0.6 is 0 Å². The van der Waals surface area contributed by atoms with Crippen molar-refractivity contribution in [2.24, 2.45) is 0 Å². The Morgan fingerprint density at radius 2 is 2.14 bits per heavy atom. The van der Waals surface area contributed by atoms with Gasteiger partial charge in [0, 0.05) is 5.69 Å². The van der Waals surface area contributed by atoms with E-state index in [9.17, 15) is 9.59 Å². The van der Waals surface area contributed by atoms with Gasteiger partial charge in [-0.3, -0.25) is 0 Å². The molecule has 0 radical (unpaired) electrons. The Labute approximate surface area is 119 Å². The SMILES string of the molecule is Cc1ccc(NC(=O)NC(C)c2nn[nH]n2)cc1C(=O)O. The van der Waals surface area contributed by atoms with Crippen LogP contribution in [0.5, 0.6) is 0 Å². The van der Waals surface area contributed by atoms with E-state index in [1.807, 2.05) is 0 Å². The first kappa shape index (κ1) is 14.4. The molecule has 4 N–H and O–H groups in total. The van der Waals surface area contributed by atoms with Crippen molar-refractivity contribution in [1.82, 2.24) is 25.9 Å². The Morgan fingerprint density at radius 1 is 1.38 bits per heavy atom. The summed E-state index contributed by atoms with van der Waals surface area (Å²) in [5.74, 6) is -0.697. The number of tetrazole rings is 1. The minimum Gasteiger partial charge on any atom is -0.478 e. The fourth-order valence-corrected chi connectivity index (χ4v) is 1.71. The zero-order valence-electron chi connectivity index (χ0n) is 11.4. The number of aromatic carboxylic acids is 1. The van der Waals surface area contributed by atoms with Crippen molar-refractivity contribution in [3.05, 3.63) is 35.2 Å². The minimum absolute atomic E-state index is 0.138. The van der Waals surface area contributed by atoms with Gasteiger partial charge in [0.25, 0.3) is 0 Å². The number of rotatable bonds is 4. The summed E-state index contributed by atoms with van der Waals surface area (Å²) in [5.41, 5.74) is 1.14. The molecule has 0 bridgehead atoms. The zero-order valence-corrected chi connectivity index (χ0v) is 11.4. The lowest BCUT2D eigenvalue weighted by molar-refractivity contribution is 0.0696. The van der Waals surface area contributed by atoms with Crippen LogP contribution in [-0.4, -0.2) is 37.7 Å². The van der Waals surface area contributed by atoms with Crippen molar-refractivity contribution in [3.8, 4) is 0 Å². The fraction of sp³-hybridized carbons (Fsp3) is 0.250. The van der Waals surface area contributed by atoms with E-state index in [1.54, 1.807) is 26.0 Å². The molecule has 9 nitrogen and oxygen atoms in total. The van der Waals surface area contributed by atoms with Gasteiger partial charge in [0.05, 0.1) is 11.6 Å². The van der Waals surface area contributed by atoms with Crippen LogP contribution in [0, 0.1) is 6.92 Å². The third kappa shape index (κ3) is 3.53. The predicted molar refractivity (Wildman–Crippen MR) is 72.9 cm³/mol. The van der Waals surface area contributed by atoms with E-state index in [0.717, 1.165) is 0 Å². The first-order valence-electron chi connectivity index (χ1n) is 6.12. The number of anilines is 1. The van der Waals surface area contributed by atoms with E-state index in [1.165, 1.54) is 6.07 Å². The monoisotopic (exact) mass is 290 g/mol. The summed E-state index contributed by atoms with van der Waals surface area (Å²) in [4.78, 5) is 22.9. The van der Waals surface area contributed by atoms with Gasteiger partial charge >= 0.3 is 12.0 Å². The van der Waals surface area contributed by atoms with Crippen molar-refractivity contribution in [3.63, 3.8) is 0 Å². The molecule has 1 aromatic carbocycles. The number of hydrogen-bond donors (Lipinski definition) is 4. The molecule has 2 rings (SSSR count). The van der Waals surface area contributed by atoms with E-state index in [2.05, 4.69) is 31.3 Å². The van der Waals surface area contributed by atoms with Gasteiger partial charge in [-0.05, 0) is 31.5 Å². The van der Waals surface area contributed by atoms with Gasteiger partial charge in [-0.1, -0.05) is 11.3 Å². The lowest BCUT2D eigenvalue weighted by Gasteiger charge is -2.12. The van der Waals surface area contributed by atoms with E-state index >= 15 is 0 Å². The Balaban J connectivity index is 2.03. The van der Waals surface area contributed by atoms with Crippen LogP contribution in [0.2, 0.25) is 0 Å². The van der Waals surface area contributed by atoms with Crippen LogP contribution in [-0.2, 0) is 0 Å². The molecular formula is C12H14N6O3. The Bertz CT molecular complexity index is 655. The predicted octanol–water partition coefficient (Wildman–Crippen LogP) is 1.09. The standard InChI is InChI=1S/C12H14N6O3/c1-6-3-4-8(5-9(6)11(19)20)14-12(21)13-7(2)10-15-17-18-16-10/h3-5,7H,1-2H3,(H,19,20)(H2,13,14,21)(H,15,16,17,18). The number of aromatic amines is 1. The number of carbonyl (C=O) groups excluding carboxylic acids is 1. The Hall–Kier alpha value is -2.97. The van der Waals surface area contributed by atoms with Gasteiger partial charge in [-0.2, -0.15) is 5.21 Å². The number of hydrogen-bond acceptors (Lipinski definition) is 5. The number of aromatic nitrogens is 4. The number of carbonyl (C=O) groups is 2. The molecule has 1 unspecified atom stereocenters. The van der Waals surface area contributed by atoms with Gasteiger partial charge in [-0.25, -0.2) is 9.59 Å². The summed E-state index contributed by atoms with van der Waals surface area (Å²) in [6, 6.07) is 3.72. The average molecular weight is 290 g/mol. The molecule has 2 aromatic rings. The van der Waals surface area contributed by atoms with Crippen LogP contribution in [0.4, 0.5) is 10.5 Å². The third-order valence-electron chi connectivity index (χ3n) is 2.82. The molecule has 110 valence electrons. The minimum atomic E-state index is -1.04. The van der Waals surface area contributed by atoms with Crippen molar-refractivity contribution >= 4 is 17.7 Å². The molecule has 0 spiro atoms. The molecule has 21 heavy (non-hydrogen) atoms. The van der Waals surface area contributed by atoms with Crippen LogP contribution in [0.1, 0.15) is 34.7 Å². The second-order valence-corrected chi connectivity index (χ2v) is 4.43. The molecule has 0 saturated heterocycles. The maximum atomic E-state index is 11.8. The van der Waals surface area contributed by atoms with Crippen molar-refractivity contribution in [2.45, 2.75) is 19.9 Å².